The zero-order valence-electron chi connectivity index (χ0n) is 9.13. The summed E-state index contributed by atoms with van der Waals surface area (Å²) in [4.78, 5) is 11.0. The molecule has 3 heteroatoms. The first-order valence-electron chi connectivity index (χ1n) is 5.02. The minimum Gasteiger partial charge on any atom is -0.490 e. The number of unbranched alkanes of at least 4 members (excludes halogenated alkanes) is 1. The van der Waals surface area contributed by atoms with E-state index in [0.29, 0.717) is 25.0 Å². The van der Waals surface area contributed by atoms with E-state index in [2.05, 4.69) is 5.92 Å². The number of hydrogen-bond acceptors (Lipinski definition) is 2. The van der Waals surface area contributed by atoms with Crippen LogP contribution in [0.5, 0.6) is 5.75 Å². The van der Waals surface area contributed by atoms with Gasteiger partial charge in [0.25, 0.3) is 0 Å². The first-order valence-corrected chi connectivity index (χ1v) is 5.02. The van der Waals surface area contributed by atoms with Gasteiger partial charge >= 0.3 is 0 Å². The van der Waals surface area contributed by atoms with Crippen LogP contribution in [0.3, 0.4) is 0 Å². The van der Waals surface area contributed by atoms with Crippen LogP contribution in [0.1, 0.15) is 30.1 Å². The second kappa shape index (κ2) is 5.92. The van der Waals surface area contributed by atoms with Crippen LogP contribution in [0.4, 0.5) is 4.39 Å². The van der Waals surface area contributed by atoms with Crippen molar-refractivity contribution in [2.45, 2.75) is 19.8 Å². The number of Topliss-reactive ketones (excluding diaryl/α,β-unsaturated/α-hetero) is 1. The van der Waals surface area contributed by atoms with E-state index in [1.165, 1.54) is 19.1 Å². The lowest BCUT2D eigenvalue weighted by molar-refractivity contribution is 0.101. The van der Waals surface area contributed by atoms with E-state index in [0.717, 1.165) is 0 Å². The summed E-state index contributed by atoms with van der Waals surface area (Å²) in [5.74, 6) is 1.94. The normalized spacial score (nSPS) is 9.56. The molecule has 1 rings (SSSR count). The number of ketones is 1. The van der Waals surface area contributed by atoms with Crippen molar-refractivity contribution in [2.24, 2.45) is 0 Å². The fourth-order valence-corrected chi connectivity index (χ4v) is 1.19. The van der Waals surface area contributed by atoms with Crippen molar-refractivity contribution >= 4 is 5.78 Å². The van der Waals surface area contributed by atoms with Crippen molar-refractivity contribution in [3.63, 3.8) is 0 Å². The number of carbonyl (C=O) groups is 1. The van der Waals surface area contributed by atoms with Crippen molar-refractivity contribution in [1.82, 2.24) is 0 Å². The van der Waals surface area contributed by atoms with E-state index in [4.69, 9.17) is 11.2 Å². The molecule has 0 aliphatic rings. The topological polar surface area (TPSA) is 26.3 Å². The Bertz CT molecular complexity index is 418. The smallest absolute Gasteiger partial charge is 0.165 e. The van der Waals surface area contributed by atoms with E-state index < -0.39 is 5.82 Å². The Morgan fingerprint density at radius 1 is 1.56 bits per heavy atom. The molecule has 0 radical (unpaired) electrons. The van der Waals surface area contributed by atoms with Crippen LogP contribution < -0.4 is 4.74 Å². The Morgan fingerprint density at radius 3 is 2.88 bits per heavy atom. The molecule has 84 valence electrons. The number of hydrogen-bond donors (Lipinski definition) is 0. The Morgan fingerprint density at radius 2 is 2.31 bits per heavy atom. The monoisotopic (exact) mass is 220 g/mol. The van der Waals surface area contributed by atoms with E-state index in [1.807, 2.05) is 0 Å². The average molecular weight is 220 g/mol. The van der Waals surface area contributed by atoms with Crippen molar-refractivity contribution < 1.29 is 13.9 Å². The molecular weight excluding hydrogens is 207 g/mol. The summed E-state index contributed by atoms with van der Waals surface area (Å²) in [5, 5.41) is 0. The van der Waals surface area contributed by atoms with Crippen LogP contribution in [0.25, 0.3) is 0 Å². The highest BCUT2D eigenvalue weighted by molar-refractivity contribution is 5.94. The summed E-state index contributed by atoms with van der Waals surface area (Å²) in [5.41, 5.74) is 0.341. The molecule has 0 saturated heterocycles. The summed E-state index contributed by atoms with van der Waals surface area (Å²) in [6, 6.07) is 4.18. The first kappa shape index (κ1) is 12.3. The molecule has 1 aromatic carbocycles. The van der Waals surface area contributed by atoms with Gasteiger partial charge in [-0.3, -0.25) is 4.79 Å². The molecule has 1 aromatic rings. The van der Waals surface area contributed by atoms with Gasteiger partial charge in [0.1, 0.15) is 0 Å². The van der Waals surface area contributed by atoms with Crippen molar-refractivity contribution in [2.75, 3.05) is 6.61 Å². The molecule has 2 nitrogen and oxygen atoms in total. The number of rotatable bonds is 5. The summed E-state index contributed by atoms with van der Waals surface area (Å²) in [7, 11) is 0. The van der Waals surface area contributed by atoms with Gasteiger partial charge in [-0.15, -0.1) is 12.3 Å². The quantitative estimate of drug-likeness (QED) is 0.433. The molecule has 0 fully saturated rings. The molecule has 0 N–H and O–H groups in total. The Hall–Kier alpha value is -1.82. The predicted octanol–water partition coefficient (Wildman–Crippen LogP) is 2.82. The lowest BCUT2D eigenvalue weighted by atomic mass is 10.1. The van der Waals surface area contributed by atoms with Crippen LogP contribution >= 0.6 is 0 Å². The molecule has 0 unspecified atom stereocenters. The van der Waals surface area contributed by atoms with Crippen molar-refractivity contribution in [1.29, 1.82) is 0 Å². The number of benzene rings is 1. The highest BCUT2D eigenvalue weighted by Crippen LogP contribution is 2.18. The van der Waals surface area contributed by atoms with E-state index >= 15 is 0 Å². The van der Waals surface area contributed by atoms with E-state index in [9.17, 15) is 9.18 Å². The minimum atomic E-state index is -0.520. The molecule has 16 heavy (non-hydrogen) atoms. The number of terminal acetylenes is 1. The van der Waals surface area contributed by atoms with Crippen LogP contribution in [0.2, 0.25) is 0 Å². The zero-order valence-corrected chi connectivity index (χ0v) is 9.13. The molecule has 0 spiro atoms. The predicted molar refractivity (Wildman–Crippen MR) is 60.0 cm³/mol. The van der Waals surface area contributed by atoms with Crippen molar-refractivity contribution in [3.8, 4) is 18.1 Å². The number of ether oxygens (including phenoxy) is 1. The third-order valence-electron chi connectivity index (χ3n) is 2.06. The fourth-order valence-electron chi connectivity index (χ4n) is 1.19. The second-order valence-electron chi connectivity index (χ2n) is 3.36. The summed E-state index contributed by atoms with van der Waals surface area (Å²) in [6.45, 7) is 1.77. The molecular formula is C13H13FO2. The van der Waals surface area contributed by atoms with Gasteiger partial charge in [0.05, 0.1) is 6.61 Å². The molecule has 0 aromatic heterocycles. The van der Waals surface area contributed by atoms with E-state index in [-0.39, 0.29) is 11.5 Å². The highest BCUT2D eigenvalue weighted by Gasteiger charge is 2.06. The standard InChI is InChI=1S/C13H13FO2/c1-3-4-5-8-16-13-7-6-11(10(2)15)9-12(13)14/h1,6-7,9H,4-5,8H2,2H3. The second-order valence-corrected chi connectivity index (χ2v) is 3.36. The highest BCUT2D eigenvalue weighted by atomic mass is 19.1. The number of halogens is 1. The molecule has 0 aliphatic heterocycles. The Labute approximate surface area is 94.4 Å². The molecule has 0 saturated carbocycles. The van der Waals surface area contributed by atoms with Crippen molar-refractivity contribution in [3.05, 3.63) is 29.6 Å². The maximum atomic E-state index is 13.4. The largest absolute Gasteiger partial charge is 0.490 e. The fraction of sp³-hybridized carbons (Fsp3) is 0.308. The summed E-state index contributed by atoms with van der Waals surface area (Å²) < 4.78 is 18.6. The van der Waals surface area contributed by atoms with Crippen LogP contribution in [0.15, 0.2) is 18.2 Å². The van der Waals surface area contributed by atoms with Crippen LogP contribution in [-0.2, 0) is 0 Å². The zero-order chi connectivity index (χ0) is 12.0. The van der Waals surface area contributed by atoms with Gasteiger partial charge in [0.2, 0.25) is 0 Å². The molecule has 0 atom stereocenters. The van der Waals surface area contributed by atoms with Gasteiger partial charge in [-0.05, 0) is 31.5 Å². The summed E-state index contributed by atoms with van der Waals surface area (Å²) >= 11 is 0. The molecule has 0 heterocycles. The third kappa shape index (κ3) is 3.39. The minimum absolute atomic E-state index is 0.155. The van der Waals surface area contributed by atoms with Gasteiger partial charge in [-0.25, -0.2) is 4.39 Å². The van der Waals surface area contributed by atoms with Gasteiger partial charge in [0, 0.05) is 12.0 Å². The van der Waals surface area contributed by atoms with Gasteiger partial charge in [-0.1, -0.05) is 0 Å². The average Bonchev–Trinajstić information content (AvgIpc) is 2.26. The lowest BCUT2D eigenvalue weighted by Gasteiger charge is -2.06. The first-order chi connectivity index (χ1) is 7.65. The van der Waals surface area contributed by atoms with Gasteiger partial charge in [0.15, 0.2) is 17.3 Å². The van der Waals surface area contributed by atoms with E-state index in [1.54, 1.807) is 6.07 Å². The number of carbonyl (C=O) groups excluding carboxylic acids is 1. The molecule has 0 aliphatic carbocycles. The Balaban J connectivity index is 2.62. The summed E-state index contributed by atoms with van der Waals surface area (Å²) in [6.07, 6.45) is 6.36. The lowest BCUT2D eigenvalue weighted by Crippen LogP contribution is -2.00. The van der Waals surface area contributed by atoms with Crippen LogP contribution in [-0.4, -0.2) is 12.4 Å². The maximum absolute atomic E-state index is 13.4. The molecule has 0 amide bonds. The molecule has 0 bridgehead atoms. The third-order valence-corrected chi connectivity index (χ3v) is 2.06. The Kier molecular flexibility index (Phi) is 4.53. The SMILES string of the molecule is C#CCCCOc1ccc(C(C)=O)cc1F. The van der Waals surface area contributed by atoms with Gasteiger partial charge in [-0.2, -0.15) is 0 Å². The van der Waals surface area contributed by atoms with Gasteiger partial charge < -0.3 is 4.74 Å². The van der Waals surface area contributed by atoms with Crippen LogP contribution in [0, 0.1) is 18.2 Å². The maximum Gasteiger partial charge on any atom is 0.165 e.